The highest BCUT2D eigenvalue weighted by Gasteiger charge is 2.12. The second kappa shape index (κ2) is 7.05. The Balaban J connectivity index is 2.32. The van der Waals surface area contributed by atoms with Gasteiger partial charge in [0.2, 0.25) is 0 Å². The monoisotopic (exact) mass is 351 g/mol. The summed E-state index contributed by atoms with van der Waals surface area (Å²) in [6, 6.07) is 11.0. The molecule has 0 bridgehead atoms. The SMILES string of the molecule is Cc1ccc(Br)cc1Oc1c(F)cccc1CNC(C)C. The molecule has 0 fully saturated rings. The summed E-state index contributed by atoms with van der Waals surface area (Å²) in [4.78, 5) is 0. The quantitative estimate of drug-likeness (QED) is 0.800. The van der Waals surface area contributed by atoms with Crippen LogP contribution in [0.1, 0.15) is 25.0 Å². The zero-order valence-electron chi connectivity index (χ0n) is 12.4. The molecule has 1 N–H and O–H groups in total. The summed E-state index contributed by atoms with van der Waals surface area (Å²) >= 11 is 3.41. The first-order valence-electron chi connectivity index (χ1n) is 6.92. The van der Waals surface area contributed by atoms with Crippen molar-refractivity contribution in [2.24, 2.45) is 0 Å². The van der Waals surface area contributed by atoms with E-state index >= 15 is 0 Å². The number of halogens is 2. The van der Waals surface area contributed by atoms with Gasteiger partial charge in [-0.25, -0.2) is 4.39 Å². The summed E-state index contributed by atoms with van der Waals surface area (Å²) in [7, 11) is 0. The average molecular weight is 352 g/mol. The standard InChI is InChI=1S/C17H19BrFNO/c1-11(2)20-10-13-5-4-6-15(19)17(13)21-16-9-14(18)8-7-12(16)3/h4-9,11,20H,10H2,1-3H3. The fraction of sp³-hybridized carbons (Fsp3) is 0.294. The van der Waals surface area contributed by atoms with Gasteiger partial charge in [-0.2, -0.15) is 0 Å². The van der Waals surface area contributed by atoms with E-state index in [1.54, 1.807) is 6.07 Å². The summed E-state index contributed by atoms with van der Waals surface area (Å²) < 4.78 is 20.9. The van der Waals surface area contributed by atoms with Gasteiger partial charge in [0, 0.05) is 22.6 Å². The highest BCUT2D eigenvalue weighted by atomic mass is 79.9. The van der Waals surface area contributed by atoms with Crippen molar-refractivity contribution in [3.8, 4) is 11.5 Å². The molecule has 112 valence electrons. The third-order valence-corrected chi connectivity index (χ3v) is 3.60. The number of ether oxygens (including phenoxy) is 1. The molecule has 4 heteroatoms. The number of aryl methyl sites for hydroxylation is 1. The van der Waals surface area contributed by atoms with E-state index in [9.17, 15) is 4.39 Å². The van der Waals surface area contributed by atoms with Gasteiger partial charge in [-0.15, -0.1) is 0 Å². The molecule has 2 aromatic carbocycles. The zero-order chi connectivity index (χ0) is 15.4. The van der Waals surface area contributed by atoms with Crippen molar-refractivity contribution in [2.75, 3.05) is 0 Å². The largest absolute Gasteiger partial charge is 0.454 e. The summed E-state index contributed by atoms with van der Waals surface area (Å²) in [5.74, 6) is 0.588. The second-order valence-electron chi connectivity index (χ2n) is 5.28. The number of rotatable bonds is 5. The van der Waals surface area contributed by atoms with Crippen molar-refractivity contribution in [1.82, 2.24) is 5.32 Å². The number of benzene rings is 2. The normalized spacial score (nSPS) is 11.0. The van der Waals surface area contributed by atoms with E-state index in [0.29, 0.717) is 18.3 Å². The van der Waals surface area contributed by atoms with E-state index in [2.05, 4.69) is 35.1 Å². The van der Waals surface area contributed by atoms with Gasteiger partial charge in [-0.3, -0.25) is 0 Å². The minimum Gasteiger partial charge on any atom is -0.454 e. The number of nitrogens with one attached hydrogen (secondary N) is 1. The number of hydrogen-bond donors (Lipinski definition) is 1. The lowest BCUT2D eigenvalue weighted by Gasteiger charge is -2.15. The molecule has 0 heterocycles. The van der Waals surface area contributed by atoms with Crippen LogP contribution >= 0.6 is 15.9 Å². The van der Waals surface area contributed by atoms with Crippen molar-refractivity contribution in [3.63, 3.8) is 0 Å². The van der Waals surface area contributed by atoms with Crippen molar-refractivity contribution in [3.05, 3.63) is 57.8 Å². The van der Waals surface area contributed by atoms with Crippen LogP contribution < -0.4 is 10.1 Å². The van der Waals surface area contributed by atoms with Crippen LogP contribution in [0.4, 0.5) is 4.39 Å². The molecule has 0 aromatic heterocycles. The summed E-state index contributed by atoms with van der Waals surface area (Å²) in [5.41, 5.74) is 1.77. The average Bonchev–Trinajstić information content (AvgIpc) is 2.43. The van der Waals surface area contributed by atoms with E-state index in [4.69, 9.17) is 4.74 Å². The third-order valence-electron chi connectivity index (χ3n) is 3.11. The molecular weight excluding hydrogens is 333 g/mol. The van der Waals surface area contributed by atoms with Gasteiger partial charge < -0.3 is 10.1 Å². The molecule has 0 unspecified atom stereocenters. The van der Waals surface area contributed by atoms with Crippen LogP contribution in [-0.4, -0.2) is 6.04 Å². The maximum Gasteiger partial charge on any atom is 0.167 e. The lowest BCUT2D eigenvalue weighted by Crippen LogP contribution is -2.22. The van der Waals surface area contributed by atoms with Gasteiger partial charge in [0.1, 0.15) is 5.75 Å². The van der Waals surface area contributed by atoms with E-state index in [-0.39, 0.29) is 11.6 Å². The van der Waals surface area contributed by atoms with Crippen molar-refractivity contribution >= 4 is 15.9 Å². The van der Waals surface area contributed by atoms with Crippen LogP contribution in [0, 0.1) is 12.7 Å². The number of hydrogen-bond acceptors (Lipinski definition) is 2. The van der Waals surface area contributed by atoms with Crippen LogP contribution in [0.3, 0.4) is 0 Å². The molecule has 0 saturated heterocycles. The van der Waals surface area contributed by atoms with Gasteiger partial charge in [0.15, 0.2) is 11.6 Å². The minimum atomic E-state index is -0.350. The smallest absolute Gasteiger partial charge is 0.167 e. The molecule has 0 aliphatic rings. The fourth-order valence-electron chi connectivity index (χ4n) is 1.91. The zero-order valence-corrected chi connectivity index (χ0v) is 14.0. The molecule has 0 spiro atoms. The third kappa shape index (κ3) is 4.29. The lowest BCUT2D eigenvalue weighted by atomic mass is 10.1. The molecule has 2 nitrogen and oxygen atoms in total. The van der Waals surface area contributed by atoms with Gasteiger partial charge in [0.05, 0.1) is 0 Å². The first kappa shape index (κ1) is 16.0. The topological polar surface area (TPSA) is 21.3 Å². The number of para-hydroxylation sites is 1. The molecule has 0 radical (unpaired) electrons. The van der Waals surface area contributed by atoms with Crippen LogP contribution in [0.2, 0.25) is 0 Å². The minimum absolute atomic E-state index is 0.284. The van der Waals surface area contributed by atoms with E-state index in [1.807, 2.05) is 31.2 Å². The second-order valence-corrected chi connectivity index (χ2v) is 6.19. The van der Waals surface area contributed by atoms with Gasteiger partial charge in [-0.1, -0.05) is 48.0 Å². The van der Waals surface area contributed by atoms with Crippen LogP contribution in [0.15, 0.2) is 40.9 Å². The van der Waals surface area contributed by atoms with Gasteiger partial charge in [-0.05, 0) is 30.7 Å². The summed E-state index contributed by atoms with van der Waals surface area (Å²) in [5, 5.41) is 3.29. The Bertz CT molecular complexity index is 628. The highest BCUT2D eigenvalue weighted by Crippen LogP contribution is 2.32. The fourth-order valence-corrected chi connectivity index (χ4v) is 2.26. The molecule has 0 amide bonds. The Hall–Kier alpha value is -1.39. The van der Waals surface area contributed by atoms with Gasteiger partial charge in [0.25, 0.3) is 0 Å². The van der Waals surface area contributed by atoms with E-state index in [0.717, 1.165) is 15.6 Å². The van der Waals surface area contributed by atoms with Gasteiger partial charge >= 0.3 is 0 Å². The molecule has 0 aliphatic heterocycles. The maximum atomic E-state index is 14.1. The molecule has 0 aliphatic carbocycles. The first-order chi connectivity index (χ1) is 9.97. The molecule has 2 aromatic rings. The van der Waals surface area contributed by atoms with Crippen molar-refractivity contribution < 1.29 is 9.13 Å². The predicted molar refractivity (Wildman–Crippen MR) is 87.3 cm³/mol. The van der Waals surface area contributed by atoms with Crippen molar-refractivity contribution in [1.29, 1.82) is 0 Å². The van der Waals surface area contributed by atoms with Crippen LogP contribution in [0.25, 0.3) is 0 Å². The molecule has 2 rings (SSSR count). The highest BCUT2D eigenvalue weighted by molar-refractivity contribution is 9.10. The summed E-state index contributed by atoms with van der Waals surface area (Å²) in [6.07, 6.45) is 0. The van der Waals surface area contributed by atoms with Crippen molar-refractivity contribution in [2.45, 2.75) is 33.4 Å². The Kier molecular flexibility index (Phi) is 5.37. The Labute approximate surface area is 133 Å². The Morgan fingerprint density at radius 2 is 2.00 bits per heavy atom. The molecule has 0 atom stereocenters. The Morgan fingerprint density at radius 1 is 1.24 bits per heavy atom. The van der Waals surface area contributed by atoms with Crippen LogP contribution in [0.5, 0.6) is 11.5 Å². The molecular formula is C17H19BrFNO. The lowest BCUT2D eigenvalue weighted by molar-refractivity contribution is 0.429. The first-order valence-corrected chi connectivity index (χ1v) is 7.71. The van der Waals surface area contributed by atoms with Crippen LogP contribution in [-0.2, 0) is 6.54 Å². The van der Waals surface area contributed by atoms with E-state index < -0.39 is 0 Å². The molecule has 21 heavy (non-hydrogen) atoms. The Morgan fingerprint density at radius 3 is 2.71 bits per heavy atom. The maximum absolute atomic E-state index is 14.1. The van der Waals surface area contributed by atoms with E-state index in [1.165, 1.54) is 6.07 Å². The summed E-state index contributed by atoms with van der Waals surface area (Å²) in [6.45, 7) is 6.61. The predicted octanol–water partition coefficient (Wildman–Crippen LogP) is 5.19. The molecule has 0 saturated carbocycles.